The van der Waals surface area contributed by atoms with Crippen LogP contribution in [-0.2, 0) is 20.9 Å². The molecule has 2 atom stereocenters. The maximum atomic E-state index is 12.4. The van der Waals surface area contributed by atoms with Crippen molar-refractivity contribution in [3.8, 4) is 0 Å². The van der Waals surface area contributed by atoms with Crippen LogP contribution < -0.4 is 17.0 Å². The van der Waals surface area contributed by atoms with Gasteiger partial charge in [0.05, 0.1) is 28.9 Å². The Morgan fingerprint density at radius 2 is 2.17 bits per heavy atom. The fourth-order valence-electron chi connectivity index (χ4n) is 2.25. The van der Waals surface area contributed by atoms with Gasteiger partial charge in [-0.25, -0.2) is 4.79 Å². The van der Waals surface area contributed by atoms with Crippen molar-refractivity contribution in [3.63, 3.8) is 0 Å². The van der Waals surface area contributed by atoms with Gasteiger partial charge in [0.15, 0.2) is 0 Å². The number of aliphatic carboxylic acids is 1. The van der Waals surface area contributed by atoms with E-state index in [9.17, 15) is 19.2 Å². The Kier molecular flexibility index (Phi) is 5.54. The number of nitrogens with zero attached hydrogens (tertiary/aromatic N) is 2. The number of rotatable bonds is 5. The van der Waals surface area contributed by atoms with Crippen molar-refractivity contribution in [2.45, 2.75) is 18.6 Å². The van der Waals surface area contributed by atoms with Gasteiger partial charge >= 0.3 is 11.7 Å². The van der Waals surface area contributed by atoms with Crippen molar-refractivity contribution in [1.82, 2.24) is 14.5 Å². The van der Waals surface area contributed by atoms with Crippen LogP contribution in [0.4, 0.5) is 0 Å². The predicted molar refractivity (Wildman–Crippen MR) is 86.0 cm³/mol. The van der Waals surface area contributed by atoms with Crippen LogP contribution in [0.5, 0.6) is 0 Å². The second-order valence-electron chi connectivity index (χ2n) is 5.05. The predicted octanol–water partition coefficient (Wildman–Crippen LogP) is -2.22. The number of aromatic amines is 1. The van der Waals surface area contributed by atoms with Gasteiger partial charge in [-0.1, -0.05) is 0 Å². The summed E-state index contributed by atoms with van der Waals surface area (Å²) in [5.41, 5.74) is 4.54. The Bertz CT molecular complexity index is 729. The van der Waals surface area contributed by atoms with Gasteiger partial charge in [-0.3, -0.25) is 23.9 Å². The summed E-state index contributed by atoms with van der Waals surface area (Å²) >= 11 is 1.73. The largest absolute Gasteiger partial charge is 0.480 e. The standard InChI is InChI=1S/C12H15IN4O6/c13-6-1-16(12(22)15-11(6)21)2-9(18)17(3-10(19)20)8-5-23-4-7(8)14/h1,7-8H,2-5,14H2,(H,19,20)(H,15,21,22)/t7-,8-/m0/s1. The molecule has 1 aliphatic rings. The van der Waals surface area contributed by atoms with Crippen molar-refractivity contribution >= 4 is 34.5 Å². The van der Waals surface area contributed by atoms with E-state index in [2.05, 4.69) is 4.98 Å². The molecule has 10 nitrogen and oxygen atoms in total. The van der Waals surface area contributed by atoms with Gasteiger partial charge in [0.2, 0.25) is 5.91 Å². The first kappa shape index (κ1) is 17.6. The van der Waals surface area contributed by atoms with E-state index in [-0.39, 0.29) is 16.8 Å². The number of nitrogens with one attached hydrogen (secondary N) is 1. The summed E-state index contributed by atoms with van der Waals surface area (Å²) in [5, 5.41) is 8.99. The summed E-state index contributed by atoms with van der Waals surface area (Å²) in [5.74, 6) is -1.79. The van der Waals surface area contributed by atoms with E-state index in [0.29, 0.717) is 0 Å². The molecule has 0 bridgehead atoms. The molecule has 126 valence electrons. The molecule has 11 heteroatoms. The molecule has 4 N–H and O–H groups in total. The van der Waals surface area contributed by atoms with E-state index in [1.54, 1.807) is 22.6 Å². The Labute approximate surface area is 143 Å². The number of H-pyrrole nitrogens is 1. The molecule has 1 saturated heterocycles. The molecular weight excluding hydrogens is 423 g/mol. The number of carbonyl (C=O) groups excluding carboxylic acids is 1. The molecule has 1 fully saturated rings. The molecule has 2 rings (SSSR count). The summed E-state index contributed by atoms with van der Waals surface area (Å²) in [4.78, 5) is 49.6. The van der Waals surface area contributed by atoms with Gasteiger partial charge in [0.1, 0.15) is 13.1 Å². The van der Waals surface area contributed by atoms with E-state index < -0.39 is 48.3 Å². The van der Waals surface area contributed by atoms with Gasteiger partial charge < -0.3 is 20.5 Å². The fourth-order valence-corrected chi connectivity index (χ4v) is 2.72. The van der Waals surface area contributed by atoms with Crippen molar-refractivity contribution in [3.05, 3.63) is 30.6 Å². The SMILES string of the molecule is N[C@H]1COC[C@@H]1N(CC(=O)O)C(=O)Cn1cc(I)c(=O)[nH]c1=O. The third kappa shape index (κ3) is 4.17. The van der Waals surface area contributed by atoms with Gasteiger partial charge in [-0.05, 0) is 22.6 Å². The van der Waals surface area contributed by atoms with Crippen molar-refractivity contribution in [1.29, 1.82) is 0 Å². The van der Waals surface area contributed by atoms with Crippen LogP contribution in [0.25, 0.3) is 0 Å². The zero-order valence-electron chi connectivity index (χ0n) is 11.9. The number of hydrogen-bond donors (Lipinski definition) is 3. The number of carboxylic acids is 1. The lowest BCUT2D eigenvalue weighted by Crippen LogP contribution is -2.53. The Morgan fingerprint density at radius 3 is 2.74 bits per heavy atom. The van der Waals surface area contributed by atoms with Gasteiger partial charge in [-0.2, -0.15) is 0 Å². The summed E-state index contributed by atoms with van der Waals surface area (Å²) in [6.45, 7) is -0.583. The molecule has 0 radical (unpaired) electrons. The van der Waals surface area contributed by atoms with Crippen LogP contribution in [0.15, 0.2) is 15.8 Å². The fraction of sp³-hybridized carbons (Fsp3) is 0.500. The van der Waals surface area contributed by atoms with Gasteiger partial charge in [0.25, 0.3) is 5.56 Å². The van der Waals surface area contributed by atoms with Crippen molar-refractivity contribution in [2.75, 3.05) is 19.8 Å². The molecule has 1 aliphatic heterocycles. The molecule has 23 heavy (non-hydrogen) atoms. The molecule has 1 aromatic rings. The lowest BCUT2D eigenvalue weighted by Gasteiger charge is -2.29. The van der Waals surface area contributed by atoms with E-state index in [1.807, 2.05) is 0 Å². The molecule has 0 aliphatic carbocycles. The molecule has 1 aromatic heterocycles. The van der Waals surface area contributed by atoms with Crippen molar-refractivity contribution in [2.24, 2.45) is 5.73 Å². The number of nitrogens with two attached hydrogens (primary N) is 1. The lowest BCUT2D eigenvalue weighted by atomic mass is 10.1. The zero-order valence-corrected chi connectivity index (χ0v) is 14.1. The summed E-state index contributed by atoms with van der Waals surface area (Å²) in [6, 6.07) is -1.07. The molecule has 2 heterocycles. The second-order valence-corrected chi connectivity index (χ2v) is 6.21. The van der Waals surface area contributed by atoms with Crippen LogP contribution in [0.2, 0.25) is 0 Å². The summed E-state index contributed by atoms with van der Waals surface area (Å²) in [7, 11) is 0. The monoisotopic (exact) mass is 438 g/mol. The summed E-state index contributed by atoms with van der Waals surface area (Å²) < 4.78 is 6.41. The number of ether oxygens (including phenoxy) is 1. The zero-order chi connectivity index (χ0) is 17.1. The first-order chi connectivity index (χ1) is 10.8. The third-order valence-electron chi connectivity index (χ3n) is 3.39. The van der Waals surface area contributed by atoms with Crippen LogP contribution in [0, 0.1) is 3.57 Å². The number of hydrogen-bond acceptors (Lipinski definition) is 6. The number of amides is 1. The first-order valence-electron chi connectivity index (χ1n) is 6.63. The highest BCUT2D eigenvalue weighted by molar-refractivity contribution is 14.1. The smallest absolute Gasteiger partial charge is 0.328 e. The molecular formula is C12H15IN4O6. The number of aromatic nitrogens is 2. The molecule has 0 unspecified atom stereocenters. The topological polar surface area (TPSA) is 148 Å². The van der Waals surface area contributed by atoms with Gasteiger partial charge in [-0.15, -0.1) is 0 Å². The Balaban J connectivity index is 2.24. The van der Waals surface area contributed by atoms with E-state index in [1.165, 1.54) is 6.20 Å². The molecule has 1 amide bonds. The van der Waals surface area contributed by atoms with Crippen LogP contribution in [0.1, 0.15) is 0 Å². The van der Waals surface area contributed by atoms with Gasteiger partial charge in [0, 0.05) is 6.20 Å². The highest BCUT2D eigenvalue weighted by Crippen LogP contribution is 2.12. The van der Waals surface area contributed by atoms with Crippen molar-refractivity contribution < 1.29 is 19.4 Å². The van der Waals surface area contributed by atoms with E-state index in [4.69, 9.17) is 15.6 Å². The third-order valence-corrected chi connectivity index (χ3v) is 4.16. The molecule has 0 saturated carbocycles. The molecule has 0 aromatic carbocycles. The van der Waals surface area contributed by atoms with E-state index in [0.717, 1.165) is 9.47 Å². The minimum atomic E-state index is -1.19. The maximum absolute atomic E-state index is 12.4. The summed E-state index contributed by atoms with van der Waals surface area (Å²) in [6.07, 6.45) is 1.24. The number of carboxylic acid groups (broad SMARTS) is 1. The lowest BCUT2D eigenvalue weighted by molar-refractivity contribution is -0.146. The second kappa shape index (κ2) is 7.23. The highest BCUT2D eigenvalue weighted by Gasteiger charge is 2.34. The normalized spacial score (nSPS) is 20.4. The average molecular weight is 438 g/mol. The minimum absolute atomic E-state index is 0.137. The van der Waals surface area contributed by atoms with Crippen LogP contribution >= 0.6 is 22.6 Å². The quantitative estimate of drug-likeness (QED) is 0.442. The Hall–Kier alpha value is -1.73. The number of carbonyl (C=O) groups is 2. The highest BCUT2D eigenvalue weighted by atomic mass is 127. The minimum Gasteiger partial charge on any atom is -0.480 e. The van der Waals surface area contributed by atoms with Crippen LogP contribution in [-0.4, -0.2) is 63.3 Å². The number of halogens is 1. The van der Waals surface area contributed by atoms with E-state index >= 15 is 0 Å². The van der Waals surface area contributed by atoms with Crippen LogP contribution in [0.3, 0.4) is 0 Å². The average Bonchev–Trinajstić information content (AvgIpc) is 2.87. The molecule has 0 spiro atoms. The first-order valence-corrected chi connectivity index (χ1v) is 7.71. The maximum Gasteiger partial charge on any atom is 0.328 e. The Morgan fingerprint density at radius 1 is 1.48 bits per heavy atom.